The highest BCUT2D eigenvalue weighted by molar-refractivity contribution is 5.95. The molecule has 0 aliphatic carbocycles. The topological polar surface area (TPSA) is 82.7 Å². The van der Waals surface area contributed by atoms with Gasteiger partial charge in [0, 0.05) is 30.1 Å². The lowest BCUT2D eigenvalue weighted by Gasteiger charge is -2.21. The second kappa shape index (κ2) is 10.0. The van der Waals surface area contributed by atoms with Crippen molar-refractivity contribution < 1.29 is 4.79 Å². The summed E-state index contributed by atoms with van der Waals surface area (Å²) in [5.41, 5.74) is 5.27. The van der Waals surface area contributed by atoms with E-state index in [1.807, 2.05) is 36.4 Å². The van der Waals surface area contributed by atoms with Crippen LogP contribution in [0, 0.1) is 6.92 Å². The highest BCUT2D eigenvalue weighted by Gasteiger charge is 2.21. The van der Waals surface area contributed by atoms with E-state index in [-0.39, 0.29) is 11.8 Å². The van der Waals surface area contributed by atoms with E-state index in [1.54, 1.807) is 24.7 Å². The Labute approximate surface area is 188 Å². The number of carbonyl (C=O) groups excluding carboxylic acids is 1. The average molecular weight is 426 g/mol. The number of nitrogens with zero attached hydrogens (tertiary/aromatic N) is 2. The van der Waals surface area contributed by atoms with Crippen LogP contribution in [0.3, 0.4) is 0 Å². The zero-order valence-electron chi connectivity index (χ0n) is 18.2. The van der Waals surface area contributed by atoms with Crippen LogP contribution in [-0.2, 0) is 4.79 Å². The molecule has 3 N–H and O–H groups in total. The molecule has 0 saturated heterocycles. The van der Waals surface area contributed by atoms with Crippen molar-refractivity contribution in [1.82, 2.24) is 20.5 Å². The molecule has 4 rings (SSSR count). The Hall–Kier alpha value is -3.77. The summed E-state index contributed by atoms with van der Waals surface area (Å²) in [6.45, 7) is 4.91. The van der Waals surface area contributed by atoms with Crippen molar-refractivity contribution in [1.29, 1.82) is 0 Å². The van der Waals surface area contributed by atoms with E-state index in [0.717, 1.165) is 16.7 Å². The van der Waals surface area contributed by atoms with E-state index >= 15 is 0 Å². The van der Waals surface area contributed by atoms with Gasteiger partial charge in [0.25, 0.3) is 0 Å². The molecule has 4 aromatic rings. The van der Waals surface area contributed by atoms with Crippen LogP contribution < -0.4 is 10.6 Å². The third kappa shape index (κ3) is 5.28. The molecule has 0 bridgehead atoms. The van der Waals surface area contributed by atoms with E-state index in [4.69, 9.17) is 0 Å². The number of carbonyl (C=O) groups is 1. The minimum atomic E-state index is -0.487. The highest BCUT2D eigenvalue weighted by Crippen LogP contribution is 2.21. The number of anilines is 1. The van der Waals surface area contributed by atoms with Gasteiger partial charge in [-0.15, -0.1) is 0 Å². The molecule has 0 aliphatic rings. The van der Waals surface area contributed by atoms with Crippen molar-refractivity contribution in [3.8, 4) is 11.1 Å². The van der Waals surface area contributed by atoms with Crippen molar-refractivity contribution in [2.24, 2.45) is 0 Å². The van der Waals surface area contributed by atoms with Crippen LogP contribution in [0.15, 0.2) is 85.3 Å². The third-order valence-corrected chi connectivity index (χ3v) is 5.52. The molecule has 2 aromatic heterocycles. The number of benzene rings is 2. The average Bonchev–Trinajstić information content (AvgIpc) is 3.36. The number of H-pyrrole nitrogens is 1. The standard InChI is InChI=1S/C26H27N5O/c1-18-8-10-20(11-9-18)19(2)14-28-25(21-6-4-3-5-7-21)26(32)31-24-13-12-22(15-27-24)23-16-29-30-17-23/h3-13,15-17,19,25,28H,14H2,1-2H3,(H,29,30)(H,27,31,32)/t19?,25-/m1/s1. The molecule has 32 heavy (non-hydrogen) atoms. The summed E-state index contributed by atoms with van der Waals surface area (Å²) >= 11 is 0. The molecular formula is C26H27N5O. The van der Waals surface area contributed by atoms with E-state index in [0.29, 0.717) is 12.4 Å². The Bertz CT molecular complexity index is 1120. The Kier molecular flexibility index (Phi) is 6.72. The van der Waals surface area contributed by atoms with Crippen molar-refractivity contribution in [3.63, 3.8) is 0 Å². The van der Waals surface area contributed by atoms with E-state index in [9.17, 15) is 4.79 Å². The first kappa shape index (κ1) is 21.5. The van der Waals surface area contributed by atoms with Gasteiger partial charge in [-0.3, -0.25) is 9.89 Å². The maximum absolute atomic E-state index is 13.2. The first-order chi connectivity index (χ1) is 15.6. The SMILES string of the molecule is Cc1ccc(C(C)CN[C@@H](C(=O)Nc2ccc(-c3cn[nH]c3)cn2)c2ccccc2)cc1. The summed E-state index contributed by atoms with van der Waals surface area (Å²) in [5.74, 6) is 0.634. The van der Waals surface area contributed by atoms with Gasteiger partial charge in [0.2, 0.25) is 5.91 Å². The second-order valence-corrected chi connectivity index (χ2v) is 7.97. The molecule has 6 heteroatoms. The van der Waals surface area contributed by atoms with Crippen molar-refractivity contribution in [2.75, 3.05) is 11.9 Å². The first-order valence-electron chi connectivity index (χ1n) is 10.7. The van der Waals surface area contributed by atoms with E-state index in [1.165, 1.54) is 11.1 Å². The number of amides is 1. The summed E-state index contributed by atoms with van der Waals surface area (Å²) in [6, 6.07) is 21.5. The fourth-order valence-electron chi connectivity index (χ4n) is 3.56. The minimum Gasteiger partial charge on any atom is -0.309 e. The fourth-order valence-corrected chi connectivity index (χ4v) is 3.56. The van der Waals surface area contributed by atoms with Crippen LogP contribution in [0.1, 0.15) is 35.6 Å². The van der Waals surface area contributed by atoms with Gasteiger partial charge in [0.15, 0.2) is 0 Å². The van der Waals surface area contributed by atoms with Crippen LogP contribution in [0.4, 0.5) is 5.82 Å². The van der Waals surface area contributed by atoms with Gasteiger partial charge >= 0.3 is 0 Å². The Morgan fingerprint density at radius 2 is 1.72 bits per heavy atom. The lowest BCUT2D eigenvalue weighted by molar-refractivity contribution is -0.118. The largest absolute Gasteiger partial charge is 0.309 e. The zero-order valence-corrected chi connectivity index (χ0v) is 18.2. The lowest BCUT2D eigenvalue weighted by atomic mass is 9.98. The van der Waals surface area contributed by atoms with Gasteiger partial charge in [0.05, 0.1) is 6.20 Å². The molecule has 0 fully saturated rings. The second-order valence-electron chi connectivity index (χ2n) is 7.97. The predicted octanol–water partition coefficient (Wildman–Crippen LogP) is 4.85. The normalized spacial score (nSPS) is 12.8. The third-order valence-electron chi connectivity index (χ3n) is 5.52. The number of rotatable bonds is 8. The number of aromatic amines is 1. The lowest BCUT2D eigenvalue weighted by Crippen LogP contribution is -2.35. The van der Waals surface area contributed by atoms with E-state index < -0.39 is 6.04 Å². The molecule has 1 unspecified atom stereocenters. The number of hydrogen-bond donors (Lipinski definition) is 3. The van der Waals surface area contributed by atoms with E-state index in [2.05, 4.69) is 63.9 Å². The highest BCUT2D eigenvalue weighted by atomic mass is 16.2. The number of pyridine rings is 1. The quantitative estimate of drug-likeness (QED) is 0.377. The molecule has 0 aliphatic heterocycles. The van der Waals surface area contributed by atoms with Crippen LogP contribution in [0.25, 0.3) is 11.1 Å². The molecule has 2 heterocycles. The van der Waals surface area contributed by atoms with Crippen molar-refractivity contribution in [3.05, 3.63) is 102 Å². The maximum atomic E-state index is 13.2. The van der Waals surface area contributed by atoms with Crippen LogP contribution >= 0.6 is 0 Å². The maximum Gasteiger partial charge on any atom is 0.247 e. The number of nitrogens with one attached hydrogen (secondary N) is 3. The molecule has 0 radical (unpaired) electrons. The molecule has 0 spiro atoms. The zero-order chi connectivity index (χ0) is 22.3. The van der Waals surface area contributed by atoms with Crippen molar-refractivity contribution >= 4 is 11.7 Å². The minimum absolute atomic E-state index is 0.143. The summed E-state index contributed by atoms with van der Waals surface area (Å²) in [6.07, 6.45) is 5.27. The molecule has 1 amide bonds. The molecule has 2 atom stereocenters. The first-order valence-corrected chi connectivity index (χ1v) is 10.7. The van der Waals surface area contributed by atoms with Crippen LogP contribution in [0.5, 0.6) is 0 Å². The van der Waals surface area contributed by atoms with Crippen LogP contribution in [-0.4, -0.2) is 27.6 Å². The molecule has 162 valence electrons. The smallest absolute Gasteiger partial charge is 0.247 e. The molecule has 6 nitrogen and oxygen atoms in total. The van der Waals surface area contributed by atoms with Gasteiger partial charge in [-0.1, -0.05) is 67.1 Å². The van der Waals surface area contributed by atoms with Gasteiger partial charge in [-0.2, -0.15) is 5.10 Å². The summed E-state index contributed by atoms with van der Waals surface area (Å²) in [4.78, 5) is 17.6. The summed E-state index contributed by atoms with van der Waals surface area (Å²) in [5, 5.41) is 13.1. The molecule has 0 saturated carbocycles. The van der Waals surface area contributed by atoms with Gasteiger partial charge in [0.1, 0.15) is 11.9 Å². The number of aromatic nitrogens is 3. The Balaban J connectivity index is 1.46. The Morgan fingerprint density at radius 3 is 2.38 bits per heavy atom. The molecule has 2 aromatic carbocycles. The van der Waals surface area contributed by atoms with Crippen molar-refractivity contribution in [2.45, 2.75) is 25.8 Å². The predicted molar refractivity (Wildman–Crippen MR) is 127 cm³/mol. The molecular weight excluding hydrogens is 398 g/mol. The van der Waals surface area contributed by atoms with Gasteiger partial charge < -0.3 is 10.6 Å². The number of aryl methyl sites for hydroxylation is 1. The van der Waals surface area contributed by atoms with Gasteiger partial charge in [-0.25, -0.2) is 4.98 Å². The summed E-state index contributed by atoms with van der Waals surface area (Å²) < 4.78 is 0. The summed E-state index contributed by atoms with van der Waals surface area (Å²) in [7, 11) is 0. The number of hydrogen-bond acceptors (Lipinski definition) is 4. The monoisotopic (exact) mass is 425 g/mol. The van der Waals surface area contributed by atoms with Crippen LogP contribution in [0.2, 0.25) is 0 Å². The van der Waals surface area contributed by atoms with Gasteiger partial charge in [-0.05, 0) is 36.1 Å². The Morgan fingerprint density at radius 1 is 0.938 bits per heavy atom. The fraction of sp³-hybridized carbons (Fsp3) is 0.192.